The average Bonchev–Trinajstić information content (AvgIpc) is 3.14. The van der Waals surface area contributed by atoms with Crippen LogP contribution in [0.25, 0.3) is 10.2 Å². The number of fused-ring (bicyclic) bond motifs is 1. The smallest absolute Gasteiger partial charge is 0.266 e. The van der Waals surface area contributed by atoms with E-state index in [1.54, 1.807) is 12.0 Å². The van der Waals surface area contributed by atoms with Crippen LogP contribution in [0.15, 0.2) is 36.4 Å². The Bertz CT molecular complexity index is 989. The number of halogens is 1. The van der Waals surface area contributed by atoms with Gasteiger partial charge in [-0.15, -0.1) is 12.4 Å². The maximum atomic E-state index is 13.0. The summed E-state index contributed by atoms with van der Waals surface area (Å²) < 4.78 is 12.2. The molecular weight excluding hydrogens is 422 g/mol. The number of rotatable bonds is 8. The van der Waals surface area contributed by atoms with Crippen LogP contribution >= 0.6 is 23.7 Å². The Morgan fingerprint density at radius 3 is 2.40 bits per heavy atom. The van der Waals surface area contributed by atoms with Crippen LogP contribution < -0.4 is 14.4 Å². The van der Waals surface area contributed by atoms with Gasteiger partial charge in [0.2, 0.25) is 0 Å². The van der Waals surface area contributed by atoms with Gasteiger partial charge in [-0.2, -0.15) is 0 Å². The summed E-state index contributed by atoms with van der Waals surface area (Å²) in [5.74, 6) is 1.27. The average molecular weight is 450 g/mol. The minimum atomic E-state index is -0.122. The molecule has 0 aliphatic rings. The normalized spacial score (nSPS) is 10.7. The minimum absolute atomic E-state index is 0. The third-order valence-electron chi connectivity index (χ3n) is 4.60. The molecule has 0 unspecified atom stereocenters. The predicted molar refractivity (Wildman–Crippen MR) is 126 cm³/mol. The molecule has 0 fully saturated rings. The number of hydrogen-bond donors (Lipinski definition) is 0. The Labute approximate surface area is 187 Å². The number of anilines is 1. The number of benzene rings is 2. The molecule has 0 atom stereocenters. The Morgan fingerprint density at radius 2 is 1.77 bits per heavy atom. The molecule has 1 amide bonds. The van der Waals surface area contributed by atoms with Gasteiger partial charge in [-0.3, -0.25) is 9.69 Å². The van der Waals surface area contributed by atoms with E-state index in [0.717, 1.165) is 27.9 Å². The maximum Gasteiger partial charge on any atom is 0.266 e. The highest BCUT2D eigenvalue weighted by Gasteiger charge is 2.22. The number of carbonyl (C=O) groups is 1. The van der Waals surface area contributed by atoms with Gasteiger partial charge in [-0.05, 0) is 51.7 Å². The molecule has 0 spiro atoms. The second-order valence-corrected chi connectivity index (χ2v) is 8.19. The van der Waals surface area contributed by atoms with Gasteiger partial charge >= 0.3 is 0 Å². The maximum absolute atomic E-state index is 13.0. The highest BCUT2D eigenvalue weighted by molar-refractivity contribution is 7.22. The van der Waals surface area contributed by atoms with Crippen molar-refractivity contribution in [3.63, 3.8) is 0 Å². The Morgan fingerprint density at radius 1 is 1.07 bits per heavy atom. The zero-order valence-corrected chi connectivity index (χ0v) is 19.6. The van der Waals surface area contributed by atoms with Crippen LogP contribution in [-0.4, -0.2) is 56.7 Å². The lowest BCUT2D eigenvalue weighted by Crippen LogP contribution is -2.39. The predicted octanol–water partition coefficient (Wildman–Crippen LogP) is 4.32. The molecule has 0 radical (unpaired) electrons. The molecule has 0 bridgehead atoms. The van der Waals surface area contributed by atoms with E-state index in [1.165, 1.54) is 11.3 Å². The molecule has 0 aliphatic carbocycles. The molecule has 162 valence electrons. The number of methoxy groups -OCH3 is 1. The third-order valence-corrected chi connectivity index (χ3v) is 5.81. The van der Waals surface area contributed by atoms with Gasteiger partial charge in [-0.1, -0.05) is 35.1 Å². The monoisotopic (exact) mass is 449 g/mol. The van der Waals surface area contributed by atoms with Crippen molar-refractivity contribution in [2.24, 2.45) is 0 Å². The Kier molecular flexibility index (Phi) is 8.46. The van der Waals surface area contributed by atoms with Crippen LogP contribution in [0.3, 0.4) is 0 Å². The van der Waals surface area contributed by atoms with E-state index in [9.17, 15) is 4.79 Å². The topological polar surface area (TPSA) is 54.9 Å². The molecule has 3 aromatic rings. The third kappa shape index (κ3) is 5.62. The fraction of sp³-hybridized carbons (Fsp3) is 0.364. The van der Waals surface area contributed by atoms with E-state index in [1.807, 2.05) is 69.2 Å². The van der Waals surface area contributed by atoms with Crippen molar-refractivity contribution < 1.29 is 14.3 Å². The van der Waals surface area contributed by atoms with Crippen molar-refractivity contribution in [2.45, 2.75) is 13.8 Å². The molecule has 30 heavy (non-hydrogen) atoms. The molecule has 3 rings (SSSR count). The van der Waals surface area contributed by atoms with E-state index in [4.69, 9.17) is 14.5 Å². The van der Waals surface area contributed by atoms with E-state index >= 15 is 0 Å². The summed E-state index contributed by atoms with van der Waals surface area (Å²) in [5.41, 5.74) is 3.05. The lowest BCUT2D eigenvalue weighted by Gasteiger charge is -2.22. The molecule has 6 nitrogen and oxygen atoms in total. The highest BCUT2D eigenvalue weighted by Crippen LogP contribution is 2.36. The first-order valence-corrected chi connectivity index (χ1v) is 10.3. The lowest BCUT2D eigenvalue weighted by molar-refractivity contribution is -0.120. The summed E-state index contributed by atoms with van der Waals surface area (Å²) in [6.45, 7) is 5.27. The van der Waals surface area contributed by atoms with Crippen LogP contribution in [0.2, 0.25) is 0 Å². The number of amides is 1. The quantitative estimate of drug-likeness (QED) is 0.512. The molecule has 0 saturated carbocycles. The molecular formula is C22H28ClN3O3S. The van der Waals surface area contributed by atoms with E-state index < -0.39 is 0 Å². The van der Waals surface area contributed by atoms with Crippen LogP contribution in [-0.2, 0) is 4.79 Å². The Balaban J connectivity index is 0.00000320. The minimum Gasteiger partial charge on any atom is -0.494 e. The number of thiazole rings is 1. The number of likely N-dealkylation sites (N-methyl/N-ethyl adjacent to an activating group) is 1. The first kappa shape index (κ1) is 23.9. The van der Waals surface area contributed by atoms with Gasteiger partial charge in [0.25, 0.3) is 5.91 Å². The van der Waals surface area contributed by atoms with Gasteiger partial charge in [0.15, 0.2) is 11.7 Å². The fourth-order valence-electron chi connectivity index (χ4n) is 2.86. The molecule has 1 aromatic heterocycles. The number of hydrogen-bond acceptors (Lipinski definition) is 6. The number of nitrogens with zero attached hydrogens (tertiary/aromatic N) is 3. The molecule has 2 aromatic carbocycles. The summed E-state index contributed by atoms with van der Waals surface area (Å²) in [6.07, 6.45) is 0. The first-order chi connectivity index (χ1) is 13.9. The van der Waals surface area contributed by atoms with Crippen LogP contribution in [0, 0.1) is 13.8 Å². The summed E-state index contributed by atoms with van der Waals surface area (Å²) in [4.78, 5) is 21.5. The standard InChI is InChI=1S/C22H27N3O3S.ClH/c1-15-6-9-17(10-7-15)28-14-19(26)25(13-12-24(3)4)22-23-20-18(27-5)11-8-16(2)21(20)29-22;/h6-11H,12-14H2,1-5H3;1H. The number of aryl methyl sites for hydroxylation is 2. The summed E-state index contributed by atoms with van der Waals surface area (Å²) >= 11 is 1.51. The summed E-state index contributed by atoms with van der Waals surface area (Å²) in [5, 5.41) is 0.659. The molecule has 8 heteroatoms. The zero-order valence-electron chi connectivity index (χ0n) is 18.0. The zero-order chi connectivity index (χ0) is 21.0. The van der Waals surface area contributed by atoms with Crippen LogP contribution in [0.4, 0.5) is 5.13 Å². The van der Waals surface area contributed by atoms with Crippen molar-refractivity contribution in [2.75, 3.05) is 45.8 Å². The summed E-state index contributed by atoms with van der Waals surface area (Å²) in [7, 11) is 5.60. The van der Waals surface area contributed by atoms with E-state index in [0.29, 0.717) is 23.2 Å². The molecule has 0 N–H and O–H groups in total. The number of ether oxygens (including phenoxy) is 2. The van der Waals surface area contributed by atoms with Gasteiger partial charge in [0, 0.05) is 13.1 Å². The molecule has 1 heterocycles. The molecule has 0 saturated heterocycles. The second kappa shape index (κ2) is 10.6. The van der Waals surface area contributed by atoms with Crippen molar-refractivity contribution in [1.82, 2.24) is 9.88 Å². The molecule has 0 aliphatic heterocycles. The van der Waals surface area contributed by atoms with Crippen LogP contribution in [0.5, 0.6) is 11.5 Å². The SMILES string of the molecule is COc1ccc(C)c2sc(N(CCN(C)C)C(=O)COc3ccc(C)cc3)nc12.Cl. The number of carbonyl (C=O) groups excluding carboxylic acids is 1. The highest BCUT2D eigenvalue weighted by atomic mass is 35.5. The summed E-state index contributed by atoms with van der Waals surface area (Å²) in [6, 6.07) is 11.6. The van der Waals surface area contributed by atoms with Crippen molar-refractivity contribution in [1.29, 1.82) is 0 Å². The van der Waals surface area contributed by atoms with E-state index in [-0.39, 0.29) is 24.9 Å². The number of aromatic nitrogens is 1. The largest absolute Gasteiger partial charge is 0.494 e. The van der Waals surface area contributed by atoms with Gasteiger partial charge in [0.05, 0.1) is 11.8 Å². The van der Waals surface area contributed by atoms with Crippen molar-refractivity contribution in [3.8, 4) is 11.5 Å². The van der Waals surface area contributed by atoms with Gasteiger partial charge < -0.3 is 14.4 Å². The van der Waals surface area contributed by atoms with Crippen LogP contribution in [0.1, 0.15) is 11.1 Å². The first-order valence-electron chi connectivity index (χ1n) is 9.47. The van der Waals surface area contributed by atoms with Crippen molar-refractivity contribution >= 4 is 45.0 Å². The van der Waals surface area contributed by atoms with Gasteiger partial charge in [0.1, 0.15) is 17.0 Å². The second-order valence-electron chi connectivity index (χ2n) is 7.21. The van der Waals surface area contributed by atoms with Gasteiger partial charge in [-0.25, -0.2) is 4.98 Å². The van der Waals surface area contributed by atoms with E-state index in [2.05, 4.69) is 0 Å². The van der Waals surface area contributed by atoms with Crippen molar-refractivity contribution in [3.05, 3.63) is 47.5 Å². The lowest BCUT2D eigenvalue weighted by atomic mass is 10.2. The Hall–Kier alpha value is -2.35. The fourth-order valence-corrected chi connectivity index (χ4v) is 3.96.